The van der Waals surface area contributed by atoms with Crippen molar-refractivity contribution >= 4 is 27.0 Å². The van der Waals surface area contributed by atoms with Crippen molar-refractivity contribution < 1.29 is 13.2 Å². The molecule has 0 fully saturated rings. The number of aliphatic imine (C=N–C) groups is 1. The van der Waals surface area contributed by atoms with Crippen LogP contribution in [0.15, 0.2) is 98.5 Å². The van der Waals surface area contributed by atoms with Gasteiger partial charge in [0, 0.05) is 0 Å². The van der Waals surface area contributed by atoms with Crippen molar-refractivity contribution in [3.63, 3.8) is 0 Å². The molecule has 2 atom stereocenters. The van der Waals surface area contributed by atoms with Gasteiger partial charge in [0.15, 0.2) is 20.9 Å². The molecule has 0 saturated heterocycles. The fourth-order valence-corrected chi connectivity index (χ4v) is 7.13. The summed E-state index contributed by atoms with van der Waals surface area (Å²) < 4.78 is 35.5. The van der Waals surface area contributed by atoms with Crippen LogP contribution < -0.4 is 4.13 Å². The Labute approximate surface area is 193 Å². The minimum Gasteiger partial charge on any atom is -0.475 e. The van der Waals surface area contributed by atoms with Crippen LogP contribution in [0.4, 0.5) is 0 Å². The fraction of sp³-hybridized carbons (Fsp3) is 0.240. The molecule has 3 aromatic carbocycles. The number of hydrogen-bond donors (Lipinski definition) is 1. The summed E-state index contributed by atoms with van der Waals surface area (Å²) in [4.78, 5) is 6.72. The highest BCUT2D eigenvalue weighted by Crippen LogP contribution is 2.29. The van der Waals surface area contributed by atoms with Gasteiger partial charge < -0.3 is 4.74 Å². The molecule has 0 spiro atoms. The van der Waals surface area contributed by atoms with E-state index in [1.165, 1.54) is 0 Å². The van der Waals surface area contributed by atoms with Gasteiger partial charge in [-0.15, -0.1) is 0 Å². The Bertz CT molecular complexity index is 1210. The Morgan fingerprint density at radius 1 is 0.969 bits per heavy atom. The molecule has 1 heterocycles. The van der Waals surface area contributed by atoms with E-state index < -0.39 is 21.1 Å². The Hall–Kier alpha value is -2.61. The van der Waals surface area contributed by atoms with E-state index in [4.69, 9.17) is 9.73 Å². The third-order valence-electron chi connectivity index (χ3n) is 5.28. The van der Waals surface area contributed by atoms with Crippen molar-refractivity contribution in [3.8, 4) is 0 Å². The Morgan fingerprint density at radius 2 is 1.62 bits per heavy atom. The average Bonchev–Trinajstić information content (AvgIpc) is 3.29. The van der Waals surface area contributed by atoms with Crippen molar-refractivity contribution in [1.29, 1.82) is 0 Å². The van der Waals surface area contributed by atoms with Gasteiger partial charge in [-0.25, -0.2) is 13.4 Å². The molecule has 0 saturated carbocycles. The van der Waals surface area contributed by atoms with Crippen LogP contribution in [0, 0.1) is 12.8 Å². The molecule has 0 amide bonds. The normalized spacial score (nSPS) is 17.1. The molecule has 1 unspecified atom stereocenters. The number of sulfonamides is 1. The first kappa shape index (κ1) is 22.6. The second-order valence-electron chi connectivity index (χ2n) is 8.07. The van der Waals surface area contributed by atoms with E-state index in [0.717, 1.165) is 20.9 Å². The molecular formula is C25H27N2O3S2+. The minimum absolute atomic E-state index is 0.0980. The molecule has 5 nitrogen and oxygen atoms in total. The summed E-state index contributed by atoms with van der Waals surface area (Å²) in [5.41, 5.74) is 1.82. The minimum atomic E-state index is -3.76. The maximum absolute atomic E-state index is 13.3. The van der Waals surface area contributed by atoms with E-state index in [-0.39, 0.29) is 10.9 Å². The molecule has 1 aliphatic heterocycles. The van der Waals surface area contributed by atoms with Crippen LogP contribution >= 0.6 is 0 Å². The second-order valence-corrected chi connectivity index (χ2v) is 11.7. The highest BCUT2D eigenvalue weighted by atomic mass is 32.3. The second kappa shape index (κ2) is 9.48. The largest absolute Gasteiger partial charge is 0.475 e. The molecule has 0 aliphatic carbocycles. The summed E-state index contributed by atoms with van der Waals surface area (Å²) in [6, 6.07) is 24.3. The predicted octanol–water partition coefficient (Wildman–Crippen LogP) is 4.73. The van der Waals surface area contributed by atoms with E-state index in [1.807, 2.05) is 61.5 Å². The van der Waals surface area contributed by atoms with E-state index in [0.29, 0.717) is 18.4 Å². The van der Waals surface area contributed by atoms with Crippen molar-refractivity contribution in [1.82, 2.24) is 4.13 Å². The first-order chi connectivity index (χ1) is 15.3. The van der Waals surface area contributed by atoms with Gasteiger partial charge in [-0.1, -0.05) is 61.9 Å². The van der Waals surface area contributed by atoms with Crippen LogP contribution in [0.2, 0.25) is 0 Å². The molecule has 32 heavy (non-hydrogen) atoms. The van der Waals surface area contributed by atoms with Gasteiger partial charge in [-0.05, 0) is 53.4 Å². The number of benzene rings is 3. The standard InChI is InChI=1S/C25H27N2O3S2/c1-18(2)23-17-30-25(26-23)22-11-7-8-12-24(22)31(20-9-5-4-6-10-20)27-32(28,29)21-15-13-19(3)14-16-21/h4-16,18,23,27H,17H2,1-3H3/q+1/t23-,31?/m1/s1. The van der Waals surface area contributed by atoms with Crippen LogP contribution in [0.5, 0.6) is 0 Å². The van der Waals surface area contributed by atoms with Crippen molar-refractivity contribution in [2.24, 2.45) is 10.9 Å². The van der Waals surface area contributed by atoms with Crippen molar-refractivity contribution in [2.75, 3.05) is 6.61 Å². The summed E-state index contributed by atoms with van der Waals surface area (Å²) in [5, 5.41) is 0. The molecule has 0 radical (unpaired) electrons. The van der Waals surface area contributed by atoms with Gasteiger partial charge in [0.05, 0.1) is 16.5 Å². The van der Waals surface area contributed by atoms with E-state index >= 15 is 0 Å². The molecule has 166 valence electrons. The van der Waals surface area contributed by atoms with Crippen LogP contribution in [-0.2, 0) is 25.8 Å². The van der Waals surface area contributed by atoms with E-state index in [2.05, 4.69) is 18.0 Å². The van der Waals surface area contributed by atoms with Gasteiger partial charge >= 0.3 is 0 Å². The van der Waals surface area contributed by atoms with Gasteiger partial charge in [-0.3, -0.25) is 0 Å². The van der Waals surface area contributed by atoms with Gasteiger partial charge in [0.2, 0.25) is 5.90 Å². The summed E-state index contributed by atoms with van der Waals surface area (Å²) >= 11 is -0.955. The lowest BCUT2D eigenvalue weighted by Gasteiger charge is -2.12. The van der Waals surface area contributed by atoms with Gasteiger partial charge in [-0.2, -0.15) is 0 Å². The SMILES string of the molecule is Cc1ccc(S(=O)(=O)N[S+](c2ccccc2)c2ccccc2C2=N[C@@H](C(C)C)CO2)cc1. The molecule has 3 aromatic rings. The number of aryl methyl sites for hydroxylation is 1. The Balaban J connectivity index is 1.78. The number of ether oxygens (including phenoxy) is 1. The number of nitrogens with one attached hydrogen (secondary N) is 1. The Kier molecular flexibility index (Phi) is 6.69. The highest BCUT2D eigenvalue weighted by molar-refractivity contribution is 8.07. The molecule has 1 N–H and O–H groups in total. The third kappa shape index (κ3) is 4.90. The van der Waals surface area contributed by atoms with Gasteiger partial charge in [0.1, 0.15) is 6.61 Å². The zero-order chi connectivity index (χ0) is 22.7. The Morgan fingerprint density at radius 3 is 2.28 bits per heavy atom. The zero-order valence-electron chi connectivity index (χ0n) is 18.4. The lowest BCUT2D eigenvalue weighted by molar-refractivity contribution is 0.291. The van der Waals surface area contributed by atoms with Crippen LogP contribution in [0.3, 0.4) is 0 Å². The van der Waals surface area contributed by atoms with Crippen LogP contribution in [0.25, 0.3) is 0 Å². The number of rotatable bonds is 7. The summed E-state index contributed by atoms with van der Waals surface area (Å²) in [5.74, 6) is 0.939. The smallest absolute Gasteiger partial charge is 0.280 e. The van der Waals surface area contributed by atoms with E-state index in [9.17, 15) is 8.42 Å². The first-order valence-corrected chi connectivity index (χ1v) is 13.2. The molecule has 4 rings (SSSR count). The summed E-state index contributed by atoms with van der Waals surface area (Å²) in [6.07, 6.45) is 0. The highest BCUT2D eigenvalue weighted by Gasteiger charge is 2.37. The lowest BCUT2D eigenvalue weighted by Crippen LogP contribution is -2.32. The van der Waals surface area contributed by atoms with E-state index in [1.54, 1.807) is 24.3 Å². The number of hydrogen-bond acceptors (Lipinski definition) is 4. The third-order valence-corrected chi connectivity index (χ3v) is 9.26. The first-order valence-electron chi connectivity index (χ1n) is 10.5. The van der Waals surface area contributed by atoms with Gasteiger partial charge in [0.25, 0.3) is 10.0 Å². The fourth-order valence-electron chi connectivity index (χ4n) is 3.35. The maximum Gasteiger partial charge on any atom is 0.280 e. The van der Waals surface area contributed by atoms with Crippen LogP contribution in [0.1, 0.15) is 25.0 Å². The predicted molar refractivity (Wildman–Crippen MR) is 129 cm³/mol. The monoisotopic (exact) mass is 467 g/mol. The quantitative estimate of drug-likeness (QED) is 0.511. The molecular weight excluding hydrogens is 440 g/mol. The topological polar surface area (TPSA) is 67.8 Å². The molecule has 0 bridgehead atoms. The zero-order valence-corrected chi connectivity index (χ0v) is 20.0. The van der Waals surface area contributed by atoms with Crippen LogP contribution in [-0.4, -0.2) is 27.0 Å². The van der Waals surface area contributed by atoms with Crippen molar-refractivity contribution in [3.05, 3.63) is 90.0 Å². The maximum atomic E-state index is 13.3. The lowest BCUT2D eigenvalue weighted by atomic mass is 10.1. The molecule has 7 heteroatoms. The molecule has 1 aliphatic rings. The summed E-state index contributed by atoms with van der Waals surface area (Å²) in [7, 11) is -3.76. The average molecular weight is 468 g/mol. The molecule has 0 aromatic heterocycles. The van der Waals surface area contributed by atoms with Crippen molar-refractivity contribution in [2.45, 2.75) is 41.5 Å². The number of nitrogens with zero attached hydrogens (tertiary/aromatic N) is 1. The summed E-state index contributed by atoms with van der Waals surface area (Å²) in [6.45, 7) is 6.71.